The van der Waals surface area contributed by atoms with Gasteiger partial charge in [-0.3, -0.25) is 0 Å². The Bertz CT molecular complexity index is 207. The molecule has 0 atom stereocenters. The maximum absolute atomic E-state index is 5.09. The summed E-state index contributed by atoms with van der Waals surface area (Å²) in [5, 5.41) is 0. The molecule has 0 spiro atoms. The van der Waals surface area contributed by atoms with E-state index in [1.54, 1.807) is 12.3 Å². The molecule has 0 saturated heterocycles. The van der Waals surface area contributed by atoms with Crippen molar-refractivity contribution in [3.8, 4) is 0 Å². The second kappa shape index (κ2) is 3.72. The van der Waals surface area contributed by atoms with Gasteiger partial charge in [0, 0.05) is 6.42 Å². The zero-order valence-electron chi connectivity index (χ0n) is 5.79. The van der Waals surface area contributed by atoms with Crippen molar-refractivity contribution in [3.63, 3.8) is 0 Å². The van der Waals surface area contributed by atoms with Gasteiger partial charge in [-0.1, -0.05) is 24.8 Å². The van der Waals surface area contributed by atoms with Gasteiger partial charge in [-0.15, -0.1) is 0 Å². The standard InChI is InChI=1S/C9H10O/c1-2-3-4-6-9-7-5-8-10-9/h2-5,7-8H,1,6H2. The first-order valence-electron chi connectivity index (χ1n) is 3.23. The molecule has 1 aromatic heterocycles. The highest BCUT2D eigenvalue weighted by atomic mass is 16.3. The molecule has 1 heteroatoms. The zero-order valence-corrected chi connectivity index (χ0v) is 5.79. The minimum Gasteiger partial charge on any atom is -0.469 e. The minimum absolute atomic E-state index is 0.846. The van der Waals surface area contributed by atoms with Crippen LogP contribution in [0.15, 0.2) is 47.6 Å². The smallest absolute Gasteiger partial charge is 0.107 e. The normalized spacial score (nSPS) is 10.4. The lowest BCUT2D eigenvalue weighted by Crippen LogP contribution is -1.71. The van der Waals surface area contributed by atoms with Crippen molar-refractivity contribution in [1.29, 1.82) is 0 Å². The first kappa shape index (κ1) is 6.87. The Morgan fingerprint density at radius 2 is 2.50 bits per heavy atom. The number of rotatable bonds is 3. The summed E-state index contributed by atoms with van der Waals surface area (Å²) in [6, 6.07) is 3.84. The number of hydrogen-bond acceptors (Lipinski definition) is 1. The van der Waals surface area contributed by atoms with Crippen molar-refractivity contribution in [2.75, 3.05) is 0 Å². The minimum atomic E-state index is 0.846. The molecule has 0 aliphatic rings. The summed E-state index contributed by atoms with van der Waals surface area (Å²) >= 11 is 0. The average molecular weight is 134 g/mol. The summed E-state index contributed by atoms with van der Waals surface area (Å²) in [6.45, 7) is 3.56. The van der Waals surface area contributed by atoms with E-state index in [-0.39, 0.29) is 0 Å². The van der Waals surface area contributed by atoms with Crippen molar-refractivity contribution < 1.29 is 4.42 Å². The van der Waals surface area contributed by atoms with Crippen molar-refractivity contribution in [1.82, 2.24) is 0 Å². The molecule has 0 unspecified atom stereocenters. The van der Waals surface area contributed by atoms with Crippen molar-refractivity contribution in [2.24, 2.45) is 0 Å². The summed E-state index contributed by atoms with van der Waals surface area (Å²) in [4.78, 5) is 0. The molecule has 0 N–H and O–H groups in total. The van der Waals surface area contributed by atoms with E-state index in [0.717, 1.165) is 12.2 Å². The second-order valence-corrected chi connectivity index (χ2v) is 1.95. The van der Waals surface area contributed by atoms with E-state index in [1.165, 1.54) is 0 Å². The van der Waals surface area contributed by atoms with Crippen LogP contribution in [-0.4, -0.2) is 0 Å². The monoisotopic (exact) mass is 134 g/mol. The molecule has 1 aromatic rings. The lowest BCUT2D eigenvalue weighted by molar-refractivity contribution is 0.523. The fourth-order valence-corrected chi connectivity index (χ4v) is 0.709. The molecule has 0 aromatic carbocycles. The number of allylic oxidation sites excluding steroid dienone is 3. The fraction of sp³-hybridized carbons (Fsp3) is 0.111. The molecule has 0 saturated carbocycles. The summed E-state index contributed by atoms with van der Waals surface area (Å²) in [5.74, 6) is 0.984. The zero-order chi connectivity index (χ0) is 7.23. The van der Waals surface area contributed by atoms with Gasteiger partial charge in [-0.2, -0.15) is 0 Å². The van der Waals surface area contributed by atoms with Gasteiger partial charge in [0.05, 0.1) is 6.26 Å². The third-order valence-corrected chi connectivity index (χ3v) is 1.17. The van der Waals surface area contributed by atoms with Gasteiger partial charge < -0.3 is 4.42 Å². The number of hydrogen-bond donors (Lipinski definition) is 0. The molecule has 52 valence electrons. The molecule has 0 aliphatic carbocycles. The lowest BCUT2D eigenvalue weighted by atomic mass is 10.3. The van der Waals surface area contributed by atoms with E-state index < -0.39 is 0 Å². The average Bonchev–Trinajstić information content (AvgIpc) is 2.41. The first-order chi connectivity index (χ1) is 4.93. The van der Waals surface area contributed by atoms with E-state index >= 15 is 0 Å². The van der Waals surface area contributed by atoms with Crippen LogP contribution in [0.2, 0.25) is 0 Å². The Morgan fingerprint density at radius 3 is 3.10 bits per heavy atom. The van der Waals surface area contributed by atoms with Crippen LogP contribution >= 0.6 is 0 Å². The Hall–Kier alpha value is -1.24. The summed E-state index contributed by atoms with van der Waals surface area (Å²) in [7, 11) is 0. The molecular weight excluding hydrogens is 124 g/mol. The highest BCUT2D eigenvalue weighted by Crippen LogP contribution is 2.00. The molecule has 1 nitrogen and oxygen atoms in total. The van der Waals surface area contributed by atoms with E-state index in [0.29, 0.717) is 0 Å². The second-order valence-electron chi connectivity index (χ2n) is 1.95. The molecule has 0 fully saturated rings. The van der Waals surface area contributed by atoms with E-state index in [9.17, 15) is 0 Å². The quantitative estimate of drug-likeness (QED) is 0.579. The Labute approximate surface area is 60.7 Å². The van der Waals surface area contributed by atoms with Gasteiger partial charge in [0.15, 0.2) is 0 Å². The molecule has 10 heavy (non-hydrogen) atoms. The molecule has 0 radical (unpaired) electrons. The Kier molecular flexibility index (Phi) is 2.56. The van der Waals surface area contributed by atoms with Crippen LogP contribution in [0.4, 0.5) is 0 Å². The SMILES string of the molecule is C=CC=CCc1ccco1. The number of furan rings is 1. The van der Waals surface area contributed by atoms with Crippen LogP contribution in [0.5, 0.6) is 0 Å². The van der Waals surface area contributed by atoms with Gasteiger partial charge in [0.1, 0.15) is 5.76 Å². The van der Waals surface area contributed by atoms with Crippen LogP contribution in [0.1, 0.15) is 5.76 Å². The van der Waals surface area contributed by atoms with Gasteiger partial charge >= 0.3 is 0 Å². The van der Waals surface area contributed by atoms with Crippen LogP contribution in [0, 0.1) is 0 Å². The summed E-state index contributed by atoms with van der Waals surface area (Å²) < 4.78 is 5.09. The highest BCUT2D eigenvalue weighted by Gasteiger charge is 1.87. The first-order valence-corrected chi connectivity index (χ1v) is 3.23. The fourth-order valence-electron chi connectivity index (χ4n) is 0.709. The maximum Gasteiger partial charge on any atom is 0.107 e. The van der Waals surface area contributed by atoms with E-state index in [4.69, 9.17) is 4.42 Å². The summed E-state index contributed by atoms with van der Waals surface area (Å²) in [6.07, 6.45) is 8.19. The molecule has 1 rings (SSSR count). The maximum atomic E-state index is 5.09. The Morgan fingerprint density at radius 1 is 1.60 bits per heavy atom. The van der Waals surface area contributed by atoms with Crippen molar-refractivity contribution in [2.45, 2.75) is 6.42 Å². The van der Waals surface area contributed by atoms with E-state index in [2.05, 4.69) is 6.58 Å². The largest absolute Gasteiger partial charge is 0.469 e. The summed E-state index contributed by atoms with van der Waals surface area (Å²) in [5.41, 5.74) is 0. The van der Waals surface area contributed by atoms with E-state index in [1.807, 2.05) is 24.3 Å². The predicted molar refractivity (Wildman–Crippen MR) is 41.7 cm³/mol. The van der Waals surface area contributed by atoms with Crippen LogP contribution in [-0.2, 0) is 6.42 Å². The molecule has 0 aliphatic heterocycles. The van der Waals surface area contributed by atoms with Crippen molar-refractivity contribution >= 4 is 0 Å². The highest BCUT2D eigenvalue weighted by molar-refractivity contribution is 5.06. The predicted octanol–water partition coefficient (Wildman–Crippen LogP) is 2.56. The third kappa shape index (κ3) is 1.94. The van der Waals surface area contributed by atoms with Gasteiger partial charge in [0.25, 0.3) is 0 Å². The third-order valence-electron chi connectivity index (χ3n) is 1.17. The lowest BCUT2D eigenvalue weighted by Gasteiger charge is -1.84. The topological polar surface area (TPSA) is 13.1 Å². The molecule has 1 heterocycles. The van der Waals surface area contributed by atoms with Crippen molar-refractivity contribution in [3.05, 3.63) is 49.0 Å². The van der Waals surface area contributed by atoms with Gasteiger partial charge in [0.2, 0.25) is 0 Å². The molecule has 0 bridgehead atoms. The van der Waals surface area contributed by atoms with Gasteiger partial charge in [-0.25, -0.2) is 0 Å². The van der Waals surface area contributed by atoms with Crippen LogP contribution < -0.4 is 0 Å². The van der Waals surface area contributed by atoms with Crippen LogP contribution in [0.25, 0.3) is 0 Å². The molecular formula is C9H10O. The molecule has 0 amide bonds. The van der Waals surface area contributed by atoms with Gasteiger partial charge in [-0.05, 0) is 12.1 Å². The Balaban J connectivity index is 2.41. The van der Waals surface area contributed by atoms with Crippen LogP contribution in [0.3, 0.4) is 0 Å².